The smallest absolute Gasteiger partial charge is 0.277 e. The summed E-state index contributed by atoms with van der Waals surface area (Å²) in [5.41, 5.74) is 6.76. The van der Waals surface area contributed by atoms with Crippen molar-refractivity contribution < 1.29 is 13.6 Å². The van der Waals surface area contributed by atoms with Crippen molar-refractivity contribution in [1.82, 2.24) is 9.44 Å². The number of nitrogens with zero attached hydrogens (tertiary/aromatic N) is 1. The highest BCUT2D eigenvalue weighted by Crippen LogP contribution is 2.04. The molecule has 0 aliphatic carbocycles. The van der Waals surface area contributed by atoms with Crippen molar-refractivity contribution in [3.8, 4) is 0 Å². The van der Waals surface area contributed by atoms with Gasteiger partial charge in [0.2, 0.25) is 0 Å². The molecule has 0 aliphatic rings. The SMILES string of the molecule is CCCNS(=O)(=O)NCc1ccc(/C(N)=N/O)cc1. The van der Waals surface area contributed by atoms with Crippen LogP contribution in [0.25, 0.3) is 0 Å². The number of rotatable bonds is 7. The molecule has 5 N–H and O–H groups in total. The average Bonchev–Trinajstić information content (AvgIpc) is 2.43. The molecule has 0 atom stereocenters. The zero-order valence-electron chi connectivity index (χ0n) is 10.6. The topological polar surface area (TPSA) is 117 Å². The van der Waals surface area contributed by atoms with E-state index in [1.165, 1.54) is 0 Å². The van der Waals surface area contributed by atoms with Crippen LogP contribution in [0.1, 0.15) is 24.5 Å². The summed E-state index contributed by atoms with van der Waals surface area (Å²) in [6.45, 7) is 2.46. The molecule has 0 radical (unpaired) electrons. The minimum absolute atomic E-state index is 0.0109. The number of nitrogens with one attached hydrogen (secondary N) is 2. The largest absolute Gasteiger partial charge is 0.409 e. The molecule has 0 unspecified atom stereocenters. The van der Waals surface area contributed by atoms with Crippen LogP contribution in [0.2, 0.25) is 0 Å². The summed E-state index contributed by atoms with van der Waals surface area (Å²) in [5, 5.41) is 11.4. The Bertz CT molecular complexity index is 525. The van der Waals surface area contributed by atoms with E-state index in [9.17, 15) is 8.42 Å². The second kappa shape index (κ2) is 7.07. The molecule has 0 amide bonds. The number of nitrogens with two attached hydrogens (primary N) is 1. The van der Waals surface area contributed by atoms with E-state index < -0.39 is 10.2 Å². The molecule has 8 heteroatoms. The fourth-order valence-electron chi connectivity index (χ4n) is 1.32. The number of benzene rings is 1. The van der Waals surface area contributed by atoms with Crippen LogP contribution in [-0.2, 0) is 16.8 Å². The van der Waals surface area contributed by atoms with E-state index in [4.69, 9.17) is 10.9 Å². The van der Waals surface area contributed by atoms with Gasteiger partial charge in [-0.3, -0.25) is 0 Å². The van der Waals surface area contributed by atoms with Gasteiger partial charge in [-0.05, 0) is 12.0 Å². The maximum Gasteiger partial charge on any atom is 0.277 e. The number of hydrogen-bond acceptors (Lipinski definition) is 4. The summed E-state index contributed by atoms with van der Waals surface area (Å²) in [5.74, 6) is 0.0109. The second-order valence-electron chi connectivity index (χ2n) is 3.90. The van der Waals surface area contributed by atoms with Crippen LogP contribution in [0.15, 0.2) is 29.4 Å². The predicted molar refractivity (Wildman–Crippen MR) is 73.0 cm³/mol. The Balaban J connectivity index is 2.59. The first-order valence-corrected chi connectivity index (χ1v) is 7.28. The lowest BCUT2D eigenvalue weighted by Gasteiger charge is -2.08. The Morgan fingerprint density at radius 3 is 2.47 bits per heavy atom. The minimum Gasteiger partial charge on any atom is -0.409 e. The fraction of sp³-hybridized carbons (Fsp3) is 0.364. The van der Waals surface area contributed by atoms with Crippen LogP contribution < -0.4 is 15.2 Å². The lowest BCUT2D eigenvalue weighted by molar-refractivity contribution is 0.318. The third-order valence-corrected chi connectivity index (χ3v) is 3.47. The fourth-order valence-corrected chi connectivity index (χ4v) is 2.25. The Labute approximate surface area is 112 Å². The molecular weight excluding hydrogens is 268 g/mol. The van der Waals surface area contributed by atoms with Crippen LogP contribution in [0, 0.1) is 0 Å². The average molecular weight is 286 g/mol. The Morgan fingerprint density at radius 2 is 1.95 bits per heavy atom. The lowest BCUT2D eigenvalue weighted by atomic mass is 10.1. The van der Waals surface area contributed by atoms with Crippen molar-refractivity contribution in [2.24, 2.45) is 10.9 Å². The Kier molecular flexibility index (Phi) is 5.74. The molecule has 1 rings (SSSR count). The molecule has 0 aliphatic heterocycles. The van der Waals surface area contributed by atoms with Gasteiger partial charge in [0, 0.05) is 18.7 Å². The van der Waals surface area contributed by atoms with Gasteiger partial charge in [-0.2, -0.15) is 13.1 Å². The van der Waals surface area contributed by atoms with Crippen LogP contribution in [-0.4, -0.2) is 26.0 Å². The molecule has 0 aromatic heterocycles. The van der Waals surface area contributed by atoms with E-state index in [1.54, 1.807) is 24.3 Å². The van der Waals surface area contributed by atoms with Gasteiger partial charge in [0.05, 0.1) is 0 Å². The standard InChI is InChI=1S/C11H18N4O3S/c1-2-7-13-19(17,18)14-8-9-3-5-10(6-4-9)11(12)15-16/h3-6,13-14,16H,2,7-8H2,1H3,(H2,12,15). The summed E-state index contributed by atoms with van der Waals surface area (Å²) >= 11 is 0. The number of hydrogen-bond donors (Lipinski definition) is 4. The van der Waals surface area contributed by atoms with Crippen molar-refractivity contribution in [1.29, 1.82) is 0 Å². The van der Waals surface area contributed by atoms with Crippen molar-refractivity contribution in [2.45, 2.75) is 19.9 Å². The van der Waals surface area contributed by atoms with E-state index in [2.05, 4.69) is 14.6 Å². The zero-order valence-corrected chi connectivity index (χ0v) is 11.4. The van der Waals surface area contributed by atoms with E-state index in [-0.39, 0.29) is 12.4 Å². The number of amidine groups is 1. The number of oxime groups is 1. The molecule has 1 aromatic rings. The van der Waals surface area contributed by atoms with Crippen LogP contribution in [0.5, 0.6) is 0 Å². The Hall–Kier alpha value is -1.64. The van der Waals surface area contributed by atoms with Crippen LogP contribution in [0.3, 0.4) is 0 Å². The van der Waals surface area contributed by atoms with E-state index in [0.717, 1.165) is 12.0 Å². The lowest BCUT2D eigenvalue weighted by Crippen LogP contribution is -2.36. The summed E-state index contributed by atoms with van der Waals surface area (Å²) in [4.78, 5) is 0. The quantitative estimate of drug-likeness (QED) is 0.246. The highest BCUT2D eigenvalue weighted by Gasteiger charge is 2.07. The van der Waals surface area contributed by atoms with Crippen molar-refractivity contribution in [3.05, 3.63) is 35.4 Å². The maximum atomic E-state index is 11.5. The third kappa shape index (κ3) is 5.25. The summed E-state index contributed by atoms with van der Waals surface area (Å²) < 4.78 is 27.8. The first-order chi connectivity index (χ1) is 8.98. The highest BCUT2D eigenvalue weighted by atomic mass is 32.2. The van der Waals surface area contributed by atoms with Gasteiger partial charge in [-0.1, -0.05) is 36.3 Å². The molecule has 0 heterocycles. The zero-order chi connectivity index (χ0) is 14.3. The second-order valence-corrected chi connectivity index (χ2v) is 5.49. The first kappa shape index (κ1) is 15.4. The van der Waals surface area contributed by atoms with E-state index >= 15 is 0 Å². The van der Waals surface area contributed by atoms with Gasteiger partial charge >= 0.3 is 0 Å². The molecule has 19 heavy (non-hydrogen) atoms. The highest BCUT2D eigenvalue weighted by molar-refractivity contribution is 7.87. The first-order valence-electron chi connectivity index (χ1n) is 5.79. The van der Waals surface area contributed by atoms with Gasteiger partial charge in [-0.15, -0.1) is 0 Å². The van der Waals surface area contributed by atoms with Gasteiger partial charge < -0.3 is 10.9 Å². The van der Waals surface area contributed by atoms with Crippen molar-refractivity contribution >= 4 is 16.0 Å². The molecular formula is C11H18N4O3S. The van der Waals surface area contributed by atoms with Gasteiger partial charge in [-0.25, -0.2) is 4.72 Å². The van der Waals surface area contributed by atoms with Crippen molar-refractivity contribution in [3.63, 3.8) is 0 Å². The van der Waals surface area contributed by atoms with Crippen molar-refractivity contribution in [2.75, 3.05) is 6.54 Å². The van der Waals surface area contributed by atoms with E-state index in [1.807, 2.05) is 6.92 Å². The van der Waals surface area contributed by atoms with Gasteiger partial charge in [0.25, 0.3) is 10.2 Å². The summed E-state index contributed by atoms with van der Waals surface area (Å²) in [6, 6.07) is 6.71. The maximum absolute atomic E-state index is 11.5. The minimum atomic E-state index is -3.46. The molecule has 7 nitrogen and oxygen atoms in total. The van der Waals surface area contributed by atoms with Gasteiger partial charge in [0.1, 0.15) is 0 Å². The summed E-state index contributed by atoms with van der Waals surface area (Å²) in [7, 11) is -3.46. The molecule has 0 fully saturated rings. The van der Waals surface area contributed by atoms with Crippen LogP contribution in [0.4, 0.5) is 0 Å². The molecule has 1 aromatic carbocycles. The monoisotopic (exact) mass is 286 g/mol. The molecule has 0 saturated carbocycles. The van der Waals surface area contributed by atoms with Gasteiger partial charge in [0.15, 0.2) is 5.84 Å². The molecule has 0 bridgehead atoms. The predicted octanol–water partition coefficient (Wildman–Crippen LogP) is 0.115. The Morgan fingerprint density at radius 1 is 1.32 bits per heavy atom. The summed E-state index contributed by atoms with van der Waals surface area (Å²) in [6.07, 6.45) is 0.732. The van der Waals surface area contributed by atoms with Crippen LogP contribution >= 0.6 is 0 Å². The molecule has 106 valence electrons. The van der Waals surface area contributed by atoms with E-state index in [0.29, 0.717) is 12.1 Å². The third-order valence-electron chi connectivity index (χ3n) is 2.37. The normalized spacial score (nSPS) is 12.6. The molecule has 0 saturated heterocycles. The molecule has 0 spiro atoms.